The molecular weight excluding hydrogens is 264 g/mol. The van der Waals surface area contributed by atoms with Crippen molar-refractivity contribution < 1.29 is 4.79 Å². The fourth-order valence-electron chi connectivity index (χ4n) is 2.46. The zero-order chi connectivity index (χ0) is 14.8. The topological polar surface area (TPSA) is 62.7 Å². The molecule has 2 aromatic heterocycles. The van der Waals surface area contributed by atoms with Gasteiger partial charge in [0.25, 0.3) is 5.91 Å². The second-order valence-corrected chi connectivity index (χ2v) is 5.28. The van der Waals surface area contributed by atoms with Gasteiger partial charge in [0, 0.05) is 35.5 Å². The number of imidazole rings is 1. The number of hydrogen-bond acceptors (Lipinski definition) is 2. The summed E-state index contributed by atoms with van der Waals surface area (Å²) in [5.41, 5.74) is 1.62. The van der Waals surface area contributed by atoms with E-state index in [2.05, 4.69) is 33.7 Å². The molecule has 5 heteroatoms. The molecule has 0 atom stereocenters. The number of nitrogens with one attached hydrogen (secondary N) is 2. The quantitative estimate of drug-likeness (QED) is 0.773. The van der Waals surface area contributed by atoms with E-state index in [1.165, 1.54) is 0 Å². The monoisotopic (exact) mass is 282 g/mol. The van der Waals surface area contributed by atoms with E-state index < -0.39 is 0 Å². The highest BCUT2D eigenvalue weighted by atomic mass is 16.1. The smallest absolute Gasteiger partial charge is 0.253 e. The summed E-state index contributed by atoms with van der Waals surface area (Å²) in [7, 11) is 0. The zero-order valence-electron chi connectivity index (χ0n) is 12.1. The van der Waals surface area contributed by atoms with Gasteiger partial charge in [0.15, 0.2) is 0 Å². The highest BCUT2D eigenvalue weighted by Gasteiger charge is 2.13. The fraction of sp³-hybridized carbons (Fsp3) is 0.250. The number of fused-ring (bicyclic) bond motifs is 1. The molecule has 0 spiro atoms. The maximum atomic E-state index is 12.3. The average Bonchev–Trinajstić information content (AvgIpc) is 3.11. The summed E-state index contributed by atoms with van der Waals surface area (Å²) >= 11 is 0. The first-order chi connectivity index (χ1) is 10.2. The van der Waals surface area contributed by atoms with E-state index in [0.29, 0.717) is 18.2 Å². The Morgan fingerprint density at radius 1 is 1.38 bits per heavy atom. The lowest BCUT2D eigenvalue weighted by Crippen LogP contribution is -2.24. The van der Waals surface area contributed by atoms with Crippen molar-refractivity contribution in [1.29, 1.82) is 0 Å². The summed E-state index contributed by atoms with van der Waals surface area (Å²) in [6.45, 7) is 4.60. The standard InChI is InChI=1S/C16H18N4O/c1-11(2)20-8-7-17-15(20)10-19-16(21)13-9-18-14-6-4-3-5-12(13)14/h3-9,11,18H,10H2,1-2H3,(H,19,21). The minimum absolute atomic E-state index is 0.0919. The molecule has 0 saturated carbocycles. The van der Waals surface area contributed by atoms with Crippen LogP contribution in [0.25, 0.3) is 10.9 Å². The number of H-pyrrole nitrogens is 1. The Hall–Kier alpha value is -2.56. The Labute approximate surface area is 123 Å². The first-order valence-electron chi connectivity index (χ1n) is 7.03. The van der Waals surface area contributed by atoms with Crippen LogP contribution in [0.15, 0.2) is 42.9 Å². The van der Waals surface area contributed by atoms with Crippen LogP contribution in [0.5, 0.6) is 0 Å². The maximum Gasteiger partial charge on any atom is 0.253 e. The molecular formula is C16H18N4O. The Morgan fingerprint density at radius 2 is 2.19 bits per heavy atom. The molecule has 1 aromatic carbocycles. The predicted molar refractivity (Wildman–Crippen MR) is 82.1 cm³/mol. The Bertz CT molecular complexity index is 769. The van der Waals surface area contributed by atoms with Crippen molar-refractivity contribution in [2.45, 2.75) is 26.4 Å². The summed E-state index contributed by atoms with van der Waals surface area (Å²) in [5, 5.41) is 3.87. The van der Waals surface area contributed by atoms with Crippen molar-refractivity contribution in [3.05, 3.63) is 54.2 Å². The third-order valence-electron chi connectivity index (χ3n) is 3.55. The molecule has 0 fully saturated rings. The van der Waals surface area contributed by atoms with Crippen molar-refractivity contribution in [1.82, 2.24) is 19.9 Å². The molecule has 0 saturated heterocycles. The van der Waals surface area contributed by atoms with Gasteiger partial charge in [-0.3, -0.25) is 4.79 Å². The van der Waals surface area contributed by atoms with Crippen LogP contribution in [0.1, 0.15) is 36.1 Å². The Morgan fingerprint density at radius 3 is 3.00 bits per heavy atom. The number of carbonyl (C=O) groups is 1. The van der Waals surface area contributed by atoms with Gasteiger partial charge >= 0.3 is 0 Å². The second-order valence-electron chi connectivity index (χ2n) is 5.28. The van der Waals surface area contributed by atoms with Crippen LogP contribution in [0.2, 0.25) is 0 Å². The molecule has 5 nitrogen and oxygen atoms in total. The van der Waals surface area contributed by atoms with Crippen LogP contribution in [0, 0.1) is 0 Å². The number of aromatic amines is 1. The normalized spacial score (nSPS) is 11.2. The van der Waals surface area contributed by atoms with E-state index in [-0.39, 0.29) is 5.91 Å². The Kier molecular flexibility index (Phi) is 3.48. The number of carbonyl (C=O) groups excluding carboxylic acids is 1. The molecule has 0 aliphatic rings. The zero-order valence-corrected chi connectivity index (χ0v) is 12.1. The van der Waals surface area contributed by atoms with Gasteiger partial charge in [-0.05, 0) is 19.9 Å². The van der Waals surface area contributed by atoms with Crippen LogP contribution < -0.4 is 5.32 Å². The predicted octanol–water partition coefficient (Wildman–Crippen LogP) is 2.88. The van der Waals surface area contributed by atoms with Crippen molar-refractivity contribution in [3.63, 3.8) is 0 Å². The molecule has 3 aromatic rings. The van der Waals surface area contributed by atoms with Gasteiger partial charge < -0.3 is 14.9 Å². The number of para-hydroxylation sites is 1. The lowest BCUT2D eigenvalue weighted by atomic mass is 10.1. The summed E-state index contributed by atoms with van der Waals surface area (Å²) in [5.74, 6) is 0.768. The number of amides is 1. The van der Waals surface area contributed by atoms with Gasteiger partial charge in [0.05, 0.1) is 12.1 Å². The summed E-state index contributed by atoms with van der Waals surface area (Å²) in [4.78, 5) is 19.7. The minimum Gasteiger partial charge on any atom is -0.360 e. The summed E-state index contributed by atoms with van der Waals surface area (Å²) in [6, 6.07) is 8.10. The lowest BCUT2D eigenvalue weighted by molar-refractivity contribution is 0.0951. The van der Waals surface area contributed by atoms with Crippen LogP contribution >= 0.6 is 0 Å². The molecule has 21 heavy (non-hydrogen) atoms. The average molecular weight is 282 g/mol. The highest BCUT2D eigenvalue weighted by molar-refractivity contribution is 6.06. The van der Waals surface area contributed by atoms with E-state index in [1.807, 2.05) is 30.5 Å². The van der Waals surface area contributed by atoms with Crippen LogP contribution in [-0.2, 0) is 6.54 Å². The van der Waals surface area contributed by atoms with Gasteiger partial charge in [-0.25, -0.2) is 4.98 Å². The molecule has 2 N–H and O–H groups in total. The third kappa shape index (κ3) is 2.54. The van der Waals surface area contributed by atoms with Crippen molar-refractivity contribution in [2.24, 2.45) is 0 Å². The van der Waals surface area contributed by atoms with Crippen LogP contribution in [-0.4, -0.2) is 20.4 Å². The third-order valence-corrected chi connectivity index (χ3v) is 3.55. The summed E-state index contributed by atoms with van der Waals surface area (Å²) in [6.07, 6.45) is 5.43. The first kappa shape index (κ1) is 13.4. The number of aromatic nitrogens is 3. The van der Waals surface area contributed by atoms with E-state index in [4.69, 9.17) is 0 Å². The van der Waals surface area contributed by atoms with Crippen LogP contribution in [0.3, 0.4) is 0 Å². The highest BCUT2D eigenvalue weighted by Crippen LogP contribution is 2.17. The number of nitrogens with zero attached hydrogens (tertiary/aromatic N) is 2. The molecule has 0 aliphatic carbocycles. The number of benzene rings is 1. The SMILES string of the molecule is CC(C)n1ccnc1CNC(=O)c1c[nH]c2ccccc12. The van der Waals surface area contributed by atoms with Crippen molar-refractivity contribution >= 4 is 16.8 Å². The maximum absolute atomic E-state index is 12.3. The largest absolute Gasteiger partial charge is 0.360 e. The first-order valence-corrected chi connectivity index (χ1v) is 7.03. The number of hydrogen-bond donors (Lipinski definition) is 2. The van der Waals surface area contributed by atoms with Gasteiger partial charge in [0.1, 0.15) is 5.82 Å². The molecule has 1 amide bonds. The molecule has 108 valence electrons. The molecule has 0 radical (unpaired) electrons. The Balaban J connectivity index is 1.76. The van der Waals surface area contributed by atoms with E-state index in [1.54, 1.807) is 12.4 Å². The molecule has 0 unspecified atom stereocenters. The van der Waals surface area contributed by atoms with Gasteiger partial charge in [-0.15, -0.1) is 0 Å². The lowest BCUT2D eigenvalue weighted by Gasteiger charge is -2.11. The van der Waals surface area contributed by atoms with E-state index >= 15 is 0 Å². The van der Waals surface area contributed by atoms with Gasteiger partial charge in [-0.2, -0.15) is 0 Å². The van der Waals surface area contributed by atoms with E-state index in [0.717, 1.165) is 16.7 Å². The number of rotatable bonds is 4. The van der Waals surface area contributed by atoms with Gasteiger partial charge in [-0.1, -0.05) is 18.2 Å². The molecule has 0 aliphatic heterocycles. The van der Waals surface area contributed by atoms with E-state index in [9.17, 15) is 4.79 Å². The minimum atomic E-state index is -0.0919. The van der Waals surface area contributed by atoms with Crippen LogP contribution in [0.4, 0.5) is 0 Å². The van der Waals surface area contributed by atoms with Gasteiger partial charge in [0.2, 0.25) is 0 Å². The molecule has 3 rings (SSSR count). The summed E-state index contributed by atoms with van der Waals surface area (Å²) < 4.78 is 2.05. The van der Waals surface area contributed by atoms with Crippen molar-refractivity contribution in [3.8, 4) is 0 Å². The fourth-order valence-corrected chi connectivity index (χ4v) is 2.46. The second kappa shape index (κ2) is 5.44. The molecule has 0 bridgehead atoms. The molecule has 2 heterocycles. The van der Waals surface area contributed by atoms with Crippen molar-refractivity contribution in [2.75, 3.05) is 0 Å².